The van der Waals surface area contributed by atoms with E-state index in [9.17, 15) is 22.4 Å². The Morgan fingerprint density at radius 1 is 1.09 bits per heavy atom. The van der Waals surface area contributed by atoms with Crippen LogP contribution >= 0.6 is 15.9 Å². The second-order valence-corrected chi connectivity index (χ2v) is 11.6. The Bertz CT molecular complexity index is 1100. The molecule has 10 heteroatoms. The molecular formula is C23H29BrFN3O4S. The summed E-state index contributed by atoms with van der Waals surface area (Å²) in [5.41, 5.74) is -0.00798. The summed E-state index contributed by atoms with van der Waals surface area (Å²) in [6, 6.07) is 11.6. The fourth-order valence-corrected chi connectivity index (χ4v) is 4.21. The number of hydrogen-bond donors (Lipinski definition) is 1. The Morgan fingerprint density at radius 3 is 2.18 bits per heavy atom. The van der Waals surface area contributed by atoms with Gasteiger partial charge in [-0.1, -0.05) is 40.2 Å². The molecule has 0 unspecified atom stereocenters. The number of anilines is 1. The lowest BCUT2D eigenvalue weighted by Crippen LogP contribution is -2.54. The van der Waals surface area contributed by atoms with Crippen molar-refractivity contribution < 1.29 is 22.4 Å². The molecule has 0 aromatic heterocycles. The van der Waals surface area contributed by atoms with Gasteiger partial charge in [-0.25, -0.2) is 12.8 Å². The molecule has 0 heterocycles. The van der Waals surface area contributed by atoms with Gasteiger partial charge in [0.25, 0.3) is 0 Å². The van der Waals surface area contributed by atoms with Gasteiger partial charge < -0.3 is 10.2 Å². The van der Waals surface area contributed by atoms with Crippen LogP contribution in [0.3, 0.4) is 0 Å². The van der Waals surface area contributed by atoms with Gasteiger partial charge in [-0.15, -0.1) is 0 Å². The highest BCUT2D eigenvalue weighted by Crippen LogP contribution is 2.22. The van der Waals surface area contributed by atoms with Gasteiger partial charge in [0, 0.05) is 16.6 Å². The Labute approximate surface area is 203 Å². The maximum absolute atomic E-state index is 14.4. The first-order valence-electron chi connectivity index (χ1n) is 10.3. The third-order valence-electron chi connectivity index (χ3n) is 4.73. The number of carbonyl (C=O) groups is 2. The van der Waals surface area contributed by atoms with Crippen LogP contribution in [0.1, 0.15) is 33.3 Å². The zero-order valence-corrected chi connectivity index (χ0v) is 21.7. The van der Waals surface area contributed by atoms with Crippen LogP contribution in [0.2, 0.25) is 0 Å². The standard InChI is InChI=1S/C23H29BrFN3O4S/c1-16(22(30)26-23(2,3)4)27(14-17-10-12-18(24)13-11-17)21(29)15-28(33(5,31)32)20-9-7-6-8-19(20)25/h6-13,16H,14-15H2,1-5H3,(H,26,30)/t16-/m0/s1. The number of benzene rings is 2. The Morgan fingerprint density at radius 2 is 1.67 bits per heavy atom. The minimum absolute atomic E-state index is 0.0692. The number of hydrogen-bond acceptors (Lipinski definition) is 4. The van der Waals surface area contributed by atoms with Crippen LogP contribution in [0.5, 0.6) is 0 Å². The number of halogens is 2. The minimum Gasteiger partial charge on any atom is -0.350 e. The Kier molecular flexibility index (Phi) is 8.64. The van der Waals surface area contributed by atoms with E-state index >= 15 is 0 Å². The van der Waals surface area contributed by atoms with Gasteiger partial charge in [-0.2, -0.15) is 0 Å². The van der Waals surface area contributed by atoms with Gasteiger partial charge in [0.2, 0.25) is 21.8 Å². The monoisotopic (exact) mass is 541 g/mol. The van der Waals surface area contributed by atoms with Crippen molar-refractivity contribution in [2.45, 2.75) is 45.8 Å². The van der Waals surface area contributed by atoms with Crippen LogP contribution in [0.4, 0.5) is 10.1 Å². The molecule has 0 spiro atoms. The van der Waals surface area contributed by atoms with Crippen molar-refractivity contribution in [1.29, 1.82) is 0 Å². The van der Waals surface area contributed by atoms with E-state index in [2.05, 4.69) is 21.2 Å². The fourth-order valence-electron chi connectivity index (χ4n) is 3.09. The topological polar surface area (TPSA) is 86.8 Å². The first-order valence-corrected chi connectivity index (χ1v) is 12.9. The lowest BCUT2D eigenvalue weighted by Gasteiger charge is -2.33. The molecule has 0 bridgehead atoms. The van der Waals surface area contributed by atoms with Gasteiger partial charge in [0.1, 0.15) is 18.4 Å². The van der Waals surface area contributed by atoms with Crippen LogP contribution in [-0.4, -0.2) is 49.5 Å². The third-order valence-corrected chi connectivity index (χ3v) is 6.39. The van der Waals surface area contributed by atoms with Gasteiger partial charge in [0.05, 0.1) is 11.9 Å². The number of amides is 2. The first kappa shape index (κ1) is 26.8. The van der Waals surface area contributed by atoms with Gasteiger partial charge in [-0.05, 0) is 57.5 Å². The molecule has 7 nitrogen and oxygen atoms in total. The summed E-state index contributed by atoms with van der Waals surface area (Å²) in [6.45, 7) is 6.46. The smallest absolute Gasteiger partial charge is 0.244 e. The van der Waals surface area contributed by atoms with Crippen molar-refractivity contribution in [2.75, 3.05) is 17.1 Å². The summed E-state index contributed by atoms with van der Waals surface area (Å²) in [5, 5.41) is 2.84. The second kappa shape index (κ2) is 10.6. The number of sulfonamides is 1. The Hall–Kier alpha value is -2.46. The second-order valence-electron chi connectivity index (χ2n) is 8.78. The molecule has 1 N–H and O–H groups in total. The number of para-hydroxylation sites is 1. The van der Waals surface area contributed by atoms with Gasteiger partial charge >= 0.3 is 0 Å². The zero-order valence-electron chi connectivity index (χ0n) is 19.3. The van der Waals surface area contributed by atoms with E-state index in [0.717, 1.165) is 22.4 Å². The van der Waals surface area contributed by atoms with Crippen molar-refractivity contribution >= 4 is 43.5 Å². The van der Waals surface area contributed by atoms with Crippen molar-refractivity contribution in [3.8, 4) is 0 Å². The normalized spacial score (nSPS) is 12.7. The van der Waals surface area contributed by atoms with Crippen LogP contribution in [-0.2, 0) is 26.2 Å². The molecular weight excluding hydrogens is 513 g/mol. The summed E-state index contributed by atoms with van der Waals surface area (Å²) >= 11 is 3.36. The van der Waals surface area contributed by atoms with Gasteiger partial charge in [0.15, 0.2) is 0 Å². The molecule has 0 saturated heterocycles. The summed E-state index contributed by atoms with van der Waals surface area (Å²) in [6.07, 6.45) is 0.904. The molecule has 0 fully saturated rings. The molecule has 33 heavy (non-hydrogen) atoms. The average Bonchev–Trinajstić information content (AvgIpc) is 2.69. The molecule has 0 saturated carbocycles. The largest absolute Gasteiger partial charge is 0.350 e. The predicted molar refractivity (Wildman–Crippen MR) is 131 cm³/mol. The highest BCUT2D eigenvalue weighted by atomic mass is 79.9. The van der Waals surface area contributed by atoms with E-state index in [1.165, 1.54) is 23.1 Å². The van der Waals surface area contributed by atoms with E-state index in [-0.39, 0.29) is 18.1 Å². The van der Waals surface area contributed by atoms with E-state index in [0.29, 0.717) is 4.31 Å². The molecule has 2 rings (SSSR count). The van der Waals surface area contributed by atoms with Crippen molar-refractivity contribution in [3.05, 3.63) is 64.4 Å². The van der Waals surface area contributed by atoms with Crippen molar-refractivity contribution in [2.24, 2.45) is 0 Å². The van der Waals surface area contributed by atoms with E-state index in [1.54, 1.807) is 31.2 Å². The van der Waals surface area contributed by atoms with E-state index < -0.39 is 39.9 Å². The molecule has 180 valence electrons. The highest BCUT2D eigenvalue weighted by molar-refractivity contribution is 9.10. The summed E-state index contributed by atoms with van der Waals surface area (Å²) in [4.78, 5) is 27.5. The average molecular weight is 542 g/mol. The summed E-state index contributed by atoms with van der Waals surface area (Å²) in [5.74, 6) is -1.79. The molecule has 0 aliphatic carbocycles. The van der Waals surface area contributed by atoms with Gasteiger partial charge in [-0.3, -0.25) is 13.9 Å². The van der Waals surface area contributed by atoms with Crippen molar-refractivity contribution in [1.82, 2.24) is 10.2 Å². The lowest BCUT2D eigenvalue weighted by molar-refractivity contribution is -0.140. The van der Waals surface area contributed by atoms with Crippen LogP contribution in [0.15, 0.2) is 53.0 Å². The number of nitrogens with one attached hydrogen (secondary N) is 1. The number of carbonyl (C=O) groups excluding carboxylic acids is 2. The van der Waals surface area contributed by atoms with E-state index in [1.807, 2.05) is 20.8 Å². The number of rotatable bonds is 8. The van der Waals surface area contributed by atoms with E-state index in [4.69, 9.17) is 0 Å². The van der Waals surface area contributed by atoms with Crippen LogP contribution < -0.4 is 9.62 Å². The fraction of sp³-hybridized carbons (Fsp3) is 0.391. The highest BCUT2D eigenvalue weighted by Gasteiger charge is 2.32. The predicted octanol–water partition coefficient (Wildman–Crippen LogP) is 3.69. The molecule has 0 aliphatic rings. The maximum Gasteiger partial charge on any atom is 0.244 e. The lowest BCUT2D eigenvalue weighted by atomic mass is 10.1. The first-order chi connectivity index (χ1) is 15.2. The third kappa shape index (κ3) is 7.82. The summed E-state index contributed by atoms with van der Waals surface area (Å²) in [7, 11) is -3.98. The minimum atomic E-state index is -3.98. The SMILES string of the molecule is C[C@@H](C(=O)NC(C)(C)C)N(Cc1ccc(Br)cc1)C(=O)CN(c1ccccc1F)S(C)(=O)=O. The Balaban J connectivity index is 2.41. The molecule has 2 amide bonds. The molecule has 1 atom stereocenters. The molecule has 2 aromatic rings. The molecule has 0 radical (unpaired) electrons. The zero-order chi connectivity index (χ0) is 25.0. The quantitative estimate of drug-likeness (QED) is 0.552. The van der Waals surface area contributed by atoms with Crippen LogP contribution in [0.25, 0.3) is 0 Å². The van der Waals surface area contributed by atoms with Crippen molar-refractivity contribution in [3.63, 3.8) is 0 Å². The molecule has 0 aliphatic heterocycles. The summed E-state index contributed by atoms with van der Waals surface area (Å²) < 4.78 is 40.8. The number of nitrogens with zero attached hydrogens (tertiary/aromatic N) is 2. The maximum atomic E-state index is 14.4. The molecule has 2 aromatic carbocycles. The van der Waals surface area contributed by atoms with Crippen LogP contribution in [0, 0.1) is 5.82 Å².